The molecule has 1 atom stereocenters. The summed E-state index contributed by atoms with van der Waals surface area (Å²) in [6.45, 7) is 0. The minimum absolute atomic E-state index is 0.00825. The molecule has 7 nitrogen and oxygen atoms in total. The molecule has 1 aromatic heterocycles. The minimum atomic E-state index is -0.00825. The average Bonchev–Trinajstić information content (AvgIpc) is 3.48. The topological polar surface area (TPSA) is 106 Å². The average molecular weight is 355 g/mol. The third-order valence-corrected chi connectivity index (χ3v) is 4.76. The molecule has 2 aromatic rings. The lowest BCUT2D eigenvalue weighted by Gasteiger charge is -2.26. The van der Waals surface area contributed by atoms with E-state index < -0.39 is 0 Å². The maximum atomic E-state index is 8.10. The van der Waals surface area contributed by atoms with Crippen molar-refractivity contribution in [2.45, 2.75) is 25.4 Å². The van der Waals surface area contributed by atoms with Crippen molar-refractivity contribution in [1.82, 2.24) is 9.97 Å². The molecule has 1 fully saturated rings. The van der Waals surface area contributed by atoms with E-state index in [2.05, 4.69) is 22.1 Å². The number of ether oxygens (including phenoxy) is 3. The number of anilines is 2. The standard InChI is InChI=1S/C19H22N4O3/c1-24-15-8-11(7-12-9-22-19(21)23-18(12)20)13-5-6-14(10-3-4-10)26-16(13)17(15)25-2/h5-6,8-10,14H,3-4,7H2,1-2H3,(H4,20,21,22,23)/i9D. The van der Waals surface area contributed by atoms with Crippen molar-refractivity contribution in [2.75, 3.05) is 25.7 Å². The molecule has 0 radical (unpaired) electrons. The van der Waals surface area contributed by atoms with E-state index in [1.165, 1.54) is 12.8 Å². The second-order valence-electron chi connectivity index (χ2n) is 6.53. The van der Waals surface area contributed by atoms with Gasteiger partial charge in [0.2, 0.25) is 11.7 Å². The molecule has 7 heteroatoms. The van der Waals surface area contributed by atoms with Crippen molar-refractivity contribution in [2.24, 2.45) is 5.92 Å². The fourth-order valence-corrected chi connectivity index (χ4v) is 3.24. The van der Waals surface area contributed by atoms with Gasteiger partial charge < -0.3 is 25.7 Å². The fraction of sp³-hybridized carbons (Fsp3) is 0.368. The Morgan fingerprint density at radius 2 is 2.08 bits per heavy atom. The Morgan fingerprint density at radius 3 is 2.73 bits per heavy atom. The molecular formula is C19H22N4O3. The Kier molecular flexibility index (Phi) is 3.77. The number of nitrogen functional groups attached to an aromatic ring is 2. The Morgan fingerprint density at radius 1 is 1.27 bits per heavy atom. The highest BCUT2D eigenvalue weighted by molar-refractivity contribution is 5.72. The first-order valence-electron chi connectivity index (χ1n) is 9.03. The van der Waals surface area contributed by atoms with E-state index >= 15 is 0 Å². The van der Waals surface area contributed by atoms with Crippen LogP contribution in [-0.2, 0) is 6.42 Å². The second-order valence-corrected chi connectivity index (χ2v) is 6.53. The van der Waals surface area contributed by atoms with Gasteiger partial charge >= 0.3 is 0 Å². The summed E-state index contributed by atoms with van der Waals surface area (Å²) >= 11 is 0. The molecule has 1 aliphatic carbocycles. The lowest BCUT2D eigenvalue weighted by molar-refractivity contribution is 0.209. The van der Waals surface area contributed by atoms with Crippen molar-refractivity contribution in [3.8, 4) is 17.2 Å². The van der Waals surface area contributed by atoms with Crippen LogP contribution in [0.3, 0.4) is 0 Å². The summed E-state index contributed by atoms with van der Waals surface area (Å²) < 4.78 is 25.4. The van der Waals surface area contributed by atoms with Crippen LogP contribution in [0.4, 0.5) is 11.8 Å². The lowest BCUT2D eigenvalue weighted by Crippen LogP contribution is -2.20. The van der Waals surface area contributed by atoms with Crippen molar-refractivity contribution in [3.63, 3.8) is 0 Å². The van der Waals surface area contributed by atoms with E-state index in [4.69, 9.17) is 27.0 Å². The number of fused-ring (bicyclic) bond motifs is 1. The molecule has 136 valence electrons. The van der Waals surface area contributed by atoms with Crippen LogP contribution in [0.5, 0.6) is 17.2 Å². The van der Waals surface area contributed by atoms with Crippen LogP contribution in [0.1, 0.15) is 30.9 Å². The second kappa shape index (κ2) is 6.40. The highest BCUT2D eigenvalue weighted by Crippen LogP contribution is 2.48. The molecule has 1 aliphatic heterocycles. The zero-order valence-corrected chi connectivity index (χ0v) is 14.8. The summed E-state index contributed by atoms with van der Waals surface area (Å²) in [6.07, 6.45) is 6.89. The summed E-state index contributed by atoms with van der Waals surface area (Å²) in [6, 6.07) is 1.87. The minimum Gasteiger partial charge on any atom is -0.493 e. The number of hydrogen-bond donors (Lipinski definition) is 2. The number of nitrogens with zero attached hydrogens (tertiary/aromatic N) is 2. The molecular weight excluding hydrogens is 332 g/mol. The number of benzene rings is 1. The lowest BCUT2D eigenvalue weighted by atomic mass is 9.96. The first-order chi connectivity index (χ1) is 13.0. The molecule has 4 rings (SSSR count). The molecule has 0 amide bonds. The third kappa shape index (κ3) is 2.89. The quantitative estimate of drug-likeness (QED) is 0.848. The van der Waals surface area contributed by atoms with Gasteiger partial charge in [0.15, 0.2) is 11.5 Å². The number of aromatic nitrogens is 2. The van der Waals surface area contributed by atoms with Gasteiger partial charge in [-0.2, -0.15) is 4.98 Å². The predicted octanol–water partition coefficient (Wildman–Crippen LogP) is 2.43. The Balaban J connectivity index is 1.81. The van der Waals surface area contributed by atoms with Crippen LogP contribution in [0, 0.1) is 5.92 Å². The summed E-state index contributed by atoms with van der Waals surface area (Å²) in [5.41, 5.74) is 13.9. The molecule has 2 aliphatic rings. The van der Waals surface area contributed by atoms with Gasteiger partial charge in [-0.1, -0.05) is 6.08 Å². The van der Waals surface area contributed by atoms with E-state index in [9.17, 15) is 0 Å². The normalized spacial score (nSPS) is 18.7. The molecule has 0 saturated heterocycles. The molecule has 0 spiro atoms. The van der Waals surface area contributed by atoms with Gasteiger partial charge in [0, 0.05) is 23.7 Å². The molecule has 26 heavy (non-hydrogen) atoms. The van der Waals surface area contributed by atoms with Crippen LogP contribution in [-0.4, -0.2) is 30.3 Å². The predicted molar refractivity (Wildman–Crippen MR) is 99.4 cm³/mol. The zero-order chi connectivity index (χ0) is 19.1. The van der Waals surface area contributed by atoms with Crippen molar-refractivity contribution in [1.29, 1.82) is 0 Å². The number of hydrogen-bond acceptors (Lipinski definition) is 7. The molecule has 1 unspecified atom stereocenters. The molecule has 1 saturated carbocycles. The molecule has 2 heterocycles. The van der Waals surface area contributed by atoms with E-state index in [1.54, 1.807) is 14.2 Å². The van der Waals surface area contributed by atoms with E-state index in [1.807, 2.05) is 6.07 Å². The van der Waals surface area contributed by atoms with Gasteiger partial charge in [0.05, 0.1) is 15.6 Å². The number of nitrogens with two attached hydrogens (primary N) is 2. The van der Waals surface area contributed by atoms with Gasteiger partial charge in [-0.05, 0) is 36.5 Å². The fourth-order valence-electron chi connectivity index (χ4n) is 3.24. The van der Waals surface area contributed by atoms with Crippen LogP contribution < -0.4 is 25.7 Å². The van der Waals surface area contributed by atoms with Gasteiger partial charge in [-0.25, -0.2) is 4.98 Å². The van der Waals surface area contributed by atoms with Gasteiger partial charge in [-0.15, -0.1) is 0 Å². The Hall–Kier alpha value is -2.96. The summed E-state index contributed by atoms with van der Waals surface area (Å²) in [5, 5.41) is 0. The molecule has 1 aromatic carbocycles. The number of methoxy groups -OCH3 is 2. The SMILES string of the molecule is [2H]c1nc(N)nc(N)c1Cc1cc(OC)c(OC)c2c1C=CC(C1CC1)O2. The van der Waals surface area contributed by atoms with E-state index in [0.717, 1.165) is 11.1 Å². The maximum absolute atomic E-state index is 8.10. The smallest absolute Gasteiger partial charge is 0.221 e. The first kappa shape index (κ1) is 15.3. The third-order valence-electron chi connectivity index (χ3n) is 4.76. The van der Waals surface area contributed by atoms with Crippen LogP contribution in [0.25, 0.3) is 6.08 Å². The van der Waals surface area contributed by atoms with Crippen molar-refractivity contribution >= 4 is 17.8 Å². The highest BCUT2D eigenvalue weighted by Gasteiger charge is 2.35. The largest absolute Gasteiger partial charge is 0.493 e. The van der Waals surface area contributed by atoms with Gasteiger partial charge in [-0.3, -0.25) is 0 Å². The van der Waals surface area contributed by atoms with Gasteiger partial charge in [0.1, 0.15) is 11.9 Å². The highest BCUT2D eigenvalue weighted by atomic mass is 16.5. The first-order valence-corrected chi connectivity index (χ1v) is 8.53. The monoisotopic (exact) mass is 355 g/mol. The zero-order valence-electron chi connectivity index (χ0n) is 15.8. The van der Waals surface area contributed by atoms with Gasteiger partial charge in [0.25, 0.3) is 0 Å². The van der Waals surface area contributed by atoms with Crippen molar-refractivity contribution in [3.05, 3.63) is 35.0 Å². The number of rotatable bonds is 5. The molecule has 0 bridgehead atoms. The summed E-state index contributed by atoms with van der Waals surface area (Å²) in [4.78, 5) is 7.89. The Labute approximate surface area is 153 Å². The maximum Gasteiger partial charge on any atom is 0.221 e. The molecule has 4 N–H and O–H groups in total. The summed E-state index contributed by atoms with van der Waals surface area (Å²) in [7, 11) is 3.18. The van der Waals surface area contributed by atoms with Crippen molar-refractivity contribution < 1.29 is 15.6 Å². The van der Waals surface area contributed by atoms with Crippen LogP contribution in [0.15, 0.2) is 18.3 Å². The summed E-state index contributed by atoms with van der Waals surface area (Å²) in [5.74, 6) is 2.54. The van der Waals surface area contributed by atoms with Crippen LogP contribution in [0.2, 0.25) is 0 Å². The Bertz CT molecular complexity index is 905. The van der Waals surface area contributed by atoms with Crippen LogP contribution >= 0.6 is 0 Å². The van der Waals surface area contributed by atoms with E-state index in [0.29, 0.717) is 35.2 Å². The van der Waals surface area contributed by atoms with E-state index in [-0.39, 0.29) is 24.0 Å².